The fourth-order valence-electron chi connectivity index (χ4n) is 3.32. The molecular weight excluding hydrogens is 368 g/mol. The van der Waals surface area contributed by atoms with E-state index < -0.39 is 17.2 Å². The fraction of sp³-hybridized carbons (Fsp3) is 0.227. The highest BCUT2D eigenvalue weighted by atomic mass is 16.3. The van der Waals surface area contributed by atoms with Crippen LogP contribution in [0.25, 0.3) is 0 Å². The minimum Gasteiger partial charge on any atom is -0.501 e. The summed E-state index contributed by atoms with van der Waals surface area (Å²) in [6, 6.07) is 19.4. The van der Waals surface area contributed by atoms with Gasteiger partial charge in [0.05, 0.1) is 6.04 Å². The Hall–Kier alpha value is -3.61. The van der Waals surface area contributed by atoms with E-state index in [4.69, 9.17) is 0 Å². The van der Waals surface area contributed by atoms with Crippen LogP contribution in [0.4, 0.5) is 5.95 Å². The molecule has 7 nitrogen and oxygen atoms in total. The lowest BCUT2D eigenvalue weighted by Crippen LogP contribution is -2.35. The molecule has 0 aliphatic heterocycles. The van der Waals surface area contributed by atoms with Gasteiger partial charge < -0.3 is 15.3 Å². The van der Waals surface area contributed by atoms with Crippen LogP contribution in [-0.2, 0) is 7.05 Å². The number of nitrogens with zero attached hydrogens (tertiary/aromatic N) is 3. The van der Waals surface area contributed by atoms with Crippen LogP contribution in [0.3, 0.4) is 0 Å². The van der Waals surface area contributed by atoms with E-state index in [1.54, 1.807) is 6.92 Å². The molecule has 1 amide bonds. The van der Waals surface area contributed by atoms with Crippen LogP contribution in [0.1, 0.15) is 34.6 Å². The first-order valence-corrected chi connectivity index (χ1v) is 9.36. The van der Waals surface area contributed by atoms with E-state index >= 15 is 0 Å². The van der Waals surface area contributed by atoms with Crippen LogP contribution in [0.2, 0.25) is 0 Å². The Morgan fingerprint density at radius 2 is 1.62 bits per heavy atom. The molecule has 1 aromatic heterocycles. The SMILES string of the molecule is CCNC(=O)c1nc(N(C)C(c2ccccc2)c2ccccc2)n(C)c(=O)c1O. The molecule has 1 heterocycles. The van der Waals surface area contributed by atoms with Gasteiger partial charge in [-0.05, 0) is 18.1 Å². The Labute approximate surface area is 169 Å². The predicted molar refractivity (Wildman–Crippen MR) is 112 cm³/mol. The first-order valence-electron chi connectivity index (χ1n) is 9.36. The molecule has 0 aliphatic carbocycles. The molecule has 0 aliphatic rings. The van der Waals surface area contributed by atoms with Gasteiger partial charge in [-0.1, -0.05) is 60.7 Å². The molecule has 2 aromatic carbocycles. The summed E-state index contributed by atoms with van der Waals surface area (Å²) in [4.78, 5) is 31.1. The van der Waals surface area contributed by atoms with Gasteiger partial charge in [0.25, 0.3) is 11.5 Å². The number of benzene rings is 2. The van der Waals surface area contributed by atoms with Crippen LogP contribution >= 0.6 is 0 Å². The molecule has 2 N–H and O–H groups in total. The fourth-order valence-corrected chi connectivity index (χ4v) is 3.32. The van der Waals surface area contributed by atoms with Crippen molar-refractivity contribution in [3.8, 4) is 5.75 Å². The second kappa shape index (κ2) is 8.60. The van der Waals surface area contributed by atoms with Gasteiger partial charge in [0.15, 0.2) is 5.69 Å². The maximum Gasteiger partial charge on any atom is 0.297 e. The Kier molecular flexibility index (Phi) is 5.97. The van der Waals surface area contributed by atoms with Crippen molar-refractivity contribution in [3.05, 3.63) is 87.8 Å². The summed E-state index contributed by atoms with van der Waals surface area (Å²) >= 11 is 0. The number of rotatable bonds is 6. The number of carbonyl (C=O) groups is 1. The number of amides is 1. The topological polar surface area (TPSA) is 87.5 Å². The van der Waals surface area contributed by atoms with E-state index in [0.29, 0.717) is 6.54 Å². The molecule has 0 spiro atoms. The molecule has 0 bridgehead atoms. The molecule has 3 aromatic rings. The summed E-state index contributed by atoms with van der Waals surface area (Å²) in [6.07, 6.45) is 0. The molecule has 0 saturated carbocycles. The highest BCUT2D eigenvalue weighted by molar-refractivity contribution is 5.95. The molecule has 0 radical (unpaired) electrons. The van der Waals surface area contributed by atoms with Gasteiger partial charge in [0.2, 0.25) is 11.7 Å². The van der Waals surface area contributed by atoms with Gasteiger partial charge in [-0.3, -0.25) is 14.2 Å². The highest BCUT2D eigenvalue weighted by Crippen LogP contribution is 2.30. The van der Waals surface area contributed by atoms with E-state index in [2.05, 4.69) is 10.3 Å². The van der Waals surface area contributed by atoms with Crippen LogP contribution in [-0.4, -0.2) is 34.2 Å². The second-order valence-corrected chi connectivity index (χ2v) is 6.67. The Morgan fingerprint density at radius 1 is 1.10 bits per heavy atom. The molecule has 29 heavy (non-hydrogen) atoms. The van der Waals surface area contributed by atoms with E-state index in [0.717, 1.165) is 11.1 Å². The lowest BCUT2D eigenvalue weighted by atomic mass is 9.97. The van der Waals surface area contributed by atoms with Gasteiger partial charge in [-0.2, -0.15) is 0 Å². The smallest absolute Gasteiger partial charge is 0.297 e. The van der Waals surface area contributed by atoms with Crippen LogP contribution in [0.15, 0.2) is 65.5 Å². The monoisotopic (exact) mass is 392 g/mol. The molecule has 0 atom stereocenters. The van der Waals surface area contributed by atoms with Crippen molar-refractivity contribution in [1.82, 2.24) is 14.9 Å². The molecule has 150 valence electrons. The lowest BCUT2D eigenvalue weighted by Gasteiger charge is -2.31. The number of aromatic nitrogens is 2. The summed E-state index contributed by atoms with van der Waals surface area (Å²) in [7, 11) is 3.33. The Bertz CT molecular complexity index is 1010. The van der Waals surface area contributed by atoms with Gasteiger partial charge in [-0.15, -0.1) is 0 Å². The zero-order valence-electron chi connectivity index (χ0n) is 16.7. The molecule has 0 saturated heterocycles. The molecule has 7 heteroatoms. The van der Waals surface area contributed by atoms with Crippen molar-refractivity contribution in [2.24, 2.45) is 7.05 Å². The highest BCUT2D eigenvalue weighted by Gasteiger charge is 2.26. The van der Waals surface area contributed by atoms with Crippen LogP contribution in [0.5, 0.6) is 5.75 Å². The lowest BCUT2D eigenvalue weighted by molar-refractivity contribution is 0.0947. The minimum absolute atomic E-state index is 0.248. The zero-order valence-corrected chi connectivity index (χ0v) is 16.7. The third kappa shape index (κ3) is 3.99. The van der Waals surface area contributed by atoms with E-state index in [9.17, 15) is 14.7 Å². The average Bonchev–Trinajstić information content (AvgIpc) is 2.74. The van der Waals surface area contributed by atoms with Crippen molar-refractivity contribution in [2.75, 3.05) is 18.5 Å². The summed E-state index contributed by atoms with van der Waals surface area (Å²) in [6.45, 7) is 2.11. The van der Waals surface area contributed by atoms with Crippen molar-refractivity contribution < 1.29 is 9.90 Å². The number of anilines is 1. The van der Waals surface area contributed by atoms with Gasteiger partial charge >= 0.3 is 0 Å². The first-order chi connectivity index (χ1) is 14.0. The summed E-state index contributed by atoms with van der Waals surface area (Å²) in [5.74, 6) is -0.980. The normalized spacial score (nSPS) is 10.8. The maximum atomic E-state index is 12.6. The third-order valence-corrected chi connectivity index (χ3v) is 4.73. The van der Waals surface area contributed by atoms with Crippen molar-refractivity contribution in [1.29, 1.82) is 0 Å². The number of nitrogens with one attached hydrogen (secondary N) is 1. The molecule has 0 fully saturated rings. The number of hydrogen-bond acceptors (Lipinski definition) is 5. The predicted octanol–water partition coefficient (Wildman–Crippen LogP) is 2.46. The molecule has 0 unspecified atom stereocenters. The molecular formula is C22H24N4O3. The number of aromatic hydroxyl groups is 1. The van der Waals surface area contributed by atoms with Gasteiger partial charge in [0, 0.05) is 20.6 Å². The first kappa shape index (κ1) is 20.1. The maximum absolute atomic E-state index is 12.6. The van der Waals surface area contributed by atoms with Gasteiger partial charge in [0.1, 0.15) is 0 Å². The van der Waals surface area contributed by atoms with E-state index in [1.165, 1.54) is 11.6 Å². The Morgan fingerprint density at radius 3 is 2.10 bits per heavy atom. The quantitative estimate of drug-likeness (QED) is 0.673. The summed E-state index contributed by atoms with van der Waals surface area (Å²) in [5.41, 5.74) is 1.05. The average molecular weight is 392 g/mol. The summed E-state index contributed by atoms with van der Waals surface area (Å²) in [5, 5.41) is 12.8. The van der Waals surface area contributed by atoms with E-state index in [1.807, 2.05) is 72.6 Å². The largest absolute Gasteiger partial charge is 0.501 e. The zero-order chi connectivity index (χ0) is 21.0. The second-order valence-electron chi connectivity index (χ2n) is 6.67. The molecule has 3 rings (SSSR count). The minimum atomic E-state index is -0.678. The summed E-state index contributed by atoms with van der Waals surface area (Å²) < 4.78 is 1.25. The van der Waals surface area contributed by atoms with Crippen molar-refractivity contribution >= 4 is 11.9 Å². The van der Waals surface area contributed by atoms with E-state index in [-0.39, 0.29) is 17.7 Å². The van der Waals surface area contributed by atoms with Crippen LogP contribution in [0, 0.1) is 0 Å². The van der Waals surface area contributed by atoms with Crippen molar-refractivity contribution in [3.63, 3.8) is 0 Å². The van der Waals surface area contributed by atoms with Gasteiger partial charge in [-0.25, -0.2) is 4.98 Å². The standard InChI is InChI=1S/C22H24N4O3/c1-4-23-20(28)17-19(27)21(29)26(3)22(24-17)25(2)18(15-11-7-5-8-12-15)16-13-9-6-10-14-16/h5-14,18,27H,4H2,1-3H3,(H,23,28). The van der Waals surface area contributed by atoms with Crippen LogP contribution < -0.4 is 15.8 Å². The number of hydrogen-bond donors (Lipinski definition) is 2. The van der Waals surface area contributed by atoms with Crippen molar-refractivity contribution in [2.45, 2.75) is 13.0 Å². The Balaban J connectivity index is 2.17. The number of carbonyl (C=O) groups excluding carboxylic acids is 1. The third-order valence-electron chi connectivity index (χ3n) is 4.73.